The lowest BCUT2D eigenvalue weighted by Gasteiger charge is -2.21. The molecule has 0 saturated heterocycles. The minimum atomic E-state index is -4.99. The van der Waals surface area contributed by atoms with Crippen molar-refractivity contribution in [2.75, 3.05) is 39.6 Å². The quantitative estimate of drug-likeness (QED) is 0.0169. The number of carbonyl (C=O) groups excluding carboxylic acids is 4. The van der Waals surface area contributed by atoms with E-state index in [4.69, 9.17) is 37.0 Å². The number of aliphatic hydroxyl groups is 1. The summed E-state index contributed by atoms with van der Waals surface area (Å²) in [5.41, 5.74) is 0. The maximum atomic E-state index is 13.1. The van der Waals surface area contributed by atoms with Gasteiger partial charge in [0.15, 0.2) is 12.2 Å². The van der Waals surface area contributed by atoms with Crippen molar-refractivity contribution in [1.82, 2.24) is 0 Å². The number of phosphoric ester groups is 2. The third-order valence-corrected chi connectivity index (χ3v) is 19.3. The lowest BCUT2D eigenvalue weighted by atomic mass is 10.1. The van der Waals surface area contributed by atoms with Crippen LogP contribution in [0.5, 0.6) is 0 Å². The van der Waals surface area contributed by atoms with Crippen LogP contribution in [0.15, 0.2) is 122 Å². The zero-order valence-corrected chi connectivity index (χ0v) is 68.6. The first kappa shape index (κ1) is 101. The molecule has 106 heavy (non-hydrogen) atoms. The van der Waals surface area contributed by atoms with Crippen LogP contribution in [0.3, 0.4) is 0 Å². The summed E-state index contributed by atoms with van der Waals surface area (Å²) in [5.74, 6) is -2.22. The van der Waals surface area contributed by atoms with Crippen LogP contribution < -0.4 is 0 Å². The molecule has 0 aliphatic rings. The predicted molar refractivity (Wildman–Crippen MR) is 436 cm³/mol. The van der Waals surface area contributed by atoms with Gasteiger partial charge in [-0.15, -0.1) is 0 Å². The molecule has 5 unspecified atom stereocenters. The highest BCUT2D eigenvalue weighted by Gasteiger charge is 2.30. The molecule has 5 atom stereocenters. The van der Waals surface area contributed by atoms with Crippen molar-refractivity contribution in [2.24, 2.45) is 0 Å². The summed E-state index contributed by atoms with van der Waals surface area (Å²) in [7, 11) is -9.98. The minimum absolute atomic E-state index is 0.0746. The van der Waals surface area contributed by atoms with Gasteiger partial charge < -0.3 is 33.8 Å². The molecule has 0 fully saturated rings. The second kappa shape index (κ2) is 78.6. The summed E-state index contributed by atoms with van der Waals surface area (Å²) in [5, 5.41) is 10.7. The van der Waals surface area contributed by atoms with Crippen LogP contribution in [0.2, 0.25) is 0 Å². The first-order valence-corrected chi connectivity index (χ1v) is 44.8. The predicted octanol–water partition coefficient (Wildman–Crippen LogP) is 24.7. The van der Waals surface area contributed by atoms with E-state index in [1.165, 1.54) is 57.8 Å². The number of hydrogen-bond acceptors (Lipinski definition) is 15. The monoisotopic (exact) mass is 1530 g/mol. The SMILES string of the molecule is CC/C=C\C/C=C\C/C=C\C/C=C\CCCCCCCCC(=O)OCC(COP(=O)(O)OCC(O)COP(=O)(O)OCC(COC(=O)CCCCCCC/C=C\CCCCCCCC)OC(=O)CCCCCCC/C=C\C/C=C\CCC)OC(=O)CCCCCCCC/C=C\C/C=C\C/C=C\CCCCC. The van der Waals surface area contributed by atoms with Crippen LogP contribution >= 0.6 is 15.6 Å². The number of unbranched alkanes of at least 4 members (excludes halogenated alkanes) is 32. The van der Waals surface area contributed by atoms with E-state index < -0.39 is 97.5 Å². The normalized spacial score (nSPS) is 14.4. The third-order valence-electron chi connectivity index (χ3n) is 17.4. The molecule has 0 rings (SSSR count). The number of phosphoric acid groups is 2. The molecule has 0 aromatic rings. The van der Waals surface area contributed by atoms with Crippen LogP contribution in [0.4, 0.5) is 0 Å². The molecular weight excluding hydrogens is 1380 g/mol. The van der Waals surface area contributed by atoms with E-state index in [9.17, 15) is 43.2 Å². The summed E-state index contributed by atoms with van der Waals surface area (Å²) < 4.78 is 68.7. The van der Waals surface area contributed by atoms with Gasteiger partial charge in [-0.3, -0.25) is 37.3 Å². The molecule has 0 radical (unpaired) electrons. The molecule has 3 N–H and O–H groups in total. The van der Waals surface area contributed by atoms with Gasteiger partial charge in [0.05, 0.1) is 26.4 Å². The molecule has 0 aromatic heterocycles. The smallest absolute Gasteiger partial charge is 0.462 e. The second-order valence-electron chi connectivity index (χ2n) is 27.7. The topological polar surface area (TPSA) is 237 Å². The number of rotatable bonds is 78. The van der Waals surface area contributed by atoms with Crippen molar-refractivity contribution in [3.05, 3.63) is 122 Å². The van der Waals surface area contributed by atoms with Gasteiger partial charge >= 0.3 is 39.5 Å². The Morgan fingerprint density at radius 3 is 0.821 bits per heavy atom. The van der Waals surface area contributed by atoms with E-state index >= 15 is 0 Å². The molecule has 0 aliphatic heterocycles. The minimum Gasteiger partial charge on any atom is -0.462 e. The lowest BCUT2D eigenvalue weighted by Crippen LogP contribution is -2.30. The van der Waals surface area contributed by atoms with E-state index in [-0.39, 0.29) is 25.7 Å². The van der Waals surface area contributed by atoms with Crippen LogP contribution in [-0.4, -0.2) is 96.7 Å². The molecule has 0 spiro atoms. The Kier molecular flexibility index (Phi) is 75.2. The van der Waals surface area contributed by atoms with E-state index in [0.717, 1.165) is 212 Å². The number of carbonyl (C=O) groups is 4. The van der Waals surface area contributed by atoms with Crippen LogP contribution in [0.1, 0.15) is 349 Å². The van der Waals surface area contributed by atoms with Gasteiger partial charge in [0.1, 0.15) is 19.3 Å². The van der Waals surface area contributed by atoms with Crippen molar-refractivity contribution < 1.29 is 80.2 Å². The number of ether oxygens (including phenoxy) is 4. The van der Waals surface area contributed by atoms with Crippen molar-refractivity contribution in [3.8, 4) is 0 Å². The molecule has 0 aromatic carbocycles. The van der Waals surface area contributed by atoms with Crippen LogP contribution in [0.25, 0.3) is 0 Å². The van der Waals surface area contributed by atoms with Gasteiger partial charge in [0.2, 0.25) is 0 Å². The molecule has 0 heterocycles. The van der Waals surface area contributed by atoms with Crippen LogP contribution in [-0.2, 0) is 65.4 Å². The second-order valence-corrected chi connectivity index (χ2v) is 30.6. The van der Waals surface area contributed by atoms with Gasteiger partial charge in [-0.1, -0.05) is 290 Å². The van der Waals surface area contributed by atoms with Crippen LogP contribution in [0, 0.1) is 0 Å². The summed E-state index contributed by atoms with van der Waals surface area (Å²) in [6.45, 7) is 4.65. The van der Waals surface area contributed by atoms with Gasteiger partial charge in [-0.2, -0.15) is 0 Å². The van der Waals surface area contributed by atoms with E-state index in [1.54, 1.807) is 0 Å². The number of hydrogen-bond donors (Lipinski definition) is 3. The summed E-state index contributed by atoms with van der Waals surface area (Å²) in [4.78, 5) is 73.1. The Balaban J connectivity index is 5.39. The standard InChI is InChI=1S/C87H150O17P2/c1-5-9-13-17-21-25-29-33-36-38-40-42-45-49-52-56-60-64-68-72-85(90)98-78-83(104-87(92)74-70-66-62-58-54-50-46-43-41-39-37-34-30-26-22-18-14-10-6-2)80-102-106(95,96)100-76-81(88)75-99-105(93,94)101-79-82(103-86(91)73-69-65-61-57-53-47-32-28-24-20-16-12-8-4)77-97-84(89)71-67-63-59-55-51-48-44-35-31-27-23-19-15-11-7-3/h9,13,16,20-22,25-26,28,32-37,40-44,81-83,88H,5-8,10-12,14-15,17-19,23-24,27,29-31,38-39,45-80H2,1-4H3,(H,93,94)(H,95,96)/b13-9-,20-16-,25-21-,26-22-,32-28-,36-33-,37-34-,42-40-,43-41-,44-35-. The molecule has 0 aliphatic carbocycles. The fourth-order valence-corrected chi connectivity index (χ4v) is 12.6. The Hall–Kier alpha value is -4.54. The zero-order valence-electron chi connectivity index (χ0n) is 66.8. The first-order chi connectivity index (χ1) is 51.7. The highest BCUT2D eigenvalue weighted by atomic mass is 31.2. The molecule has 17 nitrogen and oxygen atoms in total. The summed E-state index contributed by atoms with van der Waals surface area (Å²) >= 11 is 0. The first-order valence-electron chi connectivity index (χ1n) is 41.8. The van der Waals surface area contributed by atoms with Gasteiger partial charge in [-0.05, 0) is 154 Å². The lowest BCUT2D eigenvalue weighted by molar-refractivity contribution is -0.161. The van der Waals surface area contributed by atoms with E-state index in [0.29, 0.717) is 25.7 Å². The van der Waals surface area contributed by atoms with Gasteiger partial charge in [0.25, 0.3) is 0 Å². The van der Waals surface area contributed by atoms with Crippen molar-refractivity contribution in [1.29, 1.82) is 0 Å². The molecule has 0 saturated carbocycles. The maximum Gasteiger partial charge on any atom is 0.472 e. The fraction of sp³-hybridized carbons (Fsp3) is 0.724. The van der Waals surface area contributed by atoms with Crippen molar-refractivity contribution >= 4 is 39.5 Å². The maximum absolute atomic E-state index is 13.1. The molecular formula is C87H150O17P2. The Bertz CT molecular complexity index is 2480. The highest BCUT2D eigenvalue weighted by Crippen LogP contribution is 2.45. The van der Waals surface area contributed by atoms with Gasteiger partial charge in [0, 0.05) is 25.7 Å². The average Bonchev–Trinajstić information content (AvgIpc) is 0.903. The highest BCUT2D eigenvalue weighted by molar-refractivity contribution is 7.47. The average molecular weight is 1530 g/mol. The van der Waals surface area contributed by atoms with E-state index in [2.05, 4.69) is 149 Å². The Morgan fingerprint density at radius 2 is 0.509 bits per heavy atom. The molecule has 0 amide bonds. The number of esters is 4. The molecule has 19 heteroatoms. The number of allylic oxidation sites excluding steroid dienone is 20. The molecule has 0 bridgehead atoms. The van der Waals surface area contributed by atoms with Crippen molar-refractivity contribution in [3.63, 3.8) is 0 Å². The van der Waals surface area contributed by atoms with E-state index in [1.807, 2.05) is 0 Å². The largest absolute Gasteiger partial charge is 0.472 e. The molecule has 610 valence electrons. The third kappa shape index (κ3) is 77.6. The zero-order chi connectivity index (χ0) is 77.4. The van der Waals surface area contributed by atoms with Crippen molar-refractivity contribution in [2.45, 2.75) is 367 Å². The summed E-state index contributed by atoms with van der Waals surface area (Å²) in [6.07, 6.45) is 87.3. The number of aliphatic hydroxyl groups excluding tert-OH is 1. The Labute approximate surface area is 644 Å². The fourth-order valence-electron chi connectivity index (χ4n) is 11.0. The Morgan fingerprint density at radius 1 is 0.274 bits per heavy atom. The summed E-state index contributed by atoms with van der Waals surface area (Å²) in [6, 6.07) is 0. The van der Waals surface area contributed by atoms with Gasteiger partial charge in [-0.25, -0.2) is 9.13 Å².